The van der Waals surface area contributed by atoms with Crippen LogP contribution >= 0.6 is 0 Å². The van der Waals surface area contributed by atoms with Crippen molar-refractivity contribution >= 4 is 11.7 Å². The molecule has 2 aliphatic heterocycles. The highest BCUT2D eigenvalue weighted by Gasteiger charge is 2.23. The number of amides is 1. The molecule has 4 rings (SSSR count). The maximum Gasteiger partial charge on any atom is 0.319 e. The van der Waals surface area contributed by atoms with Gasteiger partial charge in [0.05, 0.1) is 0 Å². The fourth-order valence-electron chi connectivity index (χ4n) is 3.88. The van der Waals surface area contributed by atoms with Crippen molar-refractivity contribution in [1.82, 2.24) is 25.5 Å². The molecule has 1 atom stereocenters. The van der Waals surface area contributed by atoms with Gasteiger partial charge in [0.15, 0.2) is 0 Å². The van der Waals surface area contributed by atoms with Crippen LogP contribution in [0.15, 0.2) is 36.4 Å². The smallest absolute Gasteiger partial charge is 0.319 e. The molecule has 1 amide bonds. The number of hydrogen-bond acceptors (Lipinski definition) is 7. The number of nitrogens with zero attached hydrogens (tertiary/aromatic N) is 4. The first kappa shape index (κ1) is 20.6. The van der Waals surface area contributed by atoms with Crippen LogP contribution in [0.3, 0.4) is 0 Å². The van der Waals surface area contributed by atoms with E-state index < -0.39 is 0 Å². The highest BCUT2D eigenvalue weighted by atomic mass is 16.5. The van der Waals surface area contributed by atoms with Gasteiger partial charge in [0.1, 0.15) is 18.1 Å². The van der Waals surface area contributed by atoms with E-state index in [4.69, 9.17) is 4.74 Å². The van der Waals surface area contributed by atoms with Gasteiger partial charge in [-0.15, -0.1) is 0 Å². The zero-order valence-corrected chi connectivity index (χ0v) is 17.5. The number of likely N-dealkylation sites (N-methyl/N-ethyl adjacent to an activating group) is 1. The van der Waals surface area contributed by atoms with Gasteiger partial charge in [-0.25, -0.2) is 0 Å². The molecule has 0 unspecified atom stereocenters. The Morgan fingerprint density at radius 3 is 2.73 bits per heavy atom. The zero-order chi connectivity index (χ0) is 20.8. The molecule has 3 heterocycles. The minimum atomic E-state index is -0.222. The van der Waals surface area contributed by atoms with Gasteiger partial charge in [0.2, 0.25) is 0 Å². The van der Waals surface area contributed by atoms with Crippen molar-refractivity contribution < 1.29 is 9.53 Å². The average Bonchev–Trinajstić information content (AvgIpc) is 3.22. The largest absolute Gasteiger partial charge is 0.462 e. The summed E-state index contributed by atoms with van der Waals surface area (Å²) >= 11 is 0. The van der Waals surface area contributed by atoms with Gasteiger partial charge in [0.25, 0.3) is 5.91 Å². The number of ether oxygens (including phenoxy) is 1. The van der Waals surface area contributed by atoms with Gasteiger partial charge in [-0.1, -0.05) is 30.3 Å². The SMILES string of the molecule is CN1CCC[C@H]1COc1nc(C(=O)NCc2ccccc2)cc(N2CCNCC2)n1. The topological polar surface area (TPSA) is 82.6 Å². The van der Waals surface area contributed by atoms with E-state index in [1.54, 1.807) is 6.07 Å². The number of hydrogen-bond donors (Lipinski definition) is 2. The van der Waals surface area contributed by atoms with E-state index in [-0.39, 0.29) is 11.9 Å². The fraction of sp³-hybridized carbons (Fsp3) is 0.500. The molecule has 8 heteroatoms. The summed E-state index contributed by atoms with van der Waals surface area (Å²) in [5.41, 5.74) is 1.38. The Hall–Kier alpha value is -2.71. The number of anilines is 1. The van der Waals surface area contributed by atoms with Crippen LogP contribution in [-0.2, 0) is 6.54 Å². The third kappa shape index (κ3) is 5.25. The maximum absolute atomic E-state index is 12.8. The molecular weight excluding hydrogens is 380 g/mol. The first-order chi connectivity index (χ1) is 14.7. The van der Waals surface area contributed by atoms with Crippen LogP contribution in [0.2, 0.25) is 0 Å². The van der Waals surface area contributed by atoms with Crippen molar-refractivity contribution in [2.75, 3.05) is 51.3 Å². The Balaban J connectivity index is 1.49. The van der Waals surface area contributed by atoms with Crippen molar-refractivity contribution in [2.24, 2.45) is 0 Å². The molecule has 2 aromatic rings. The summed E-state index contributed by atoms with van der Waals surface area (Å²) in [6.45, 7) is 5.54. The van der Waals surface area contributed by atoms with E-state index in [0.29, 0.717) is 24.9 Å². The van der Waals surface area contributed by atoms with E-state index in [1.807, 2.05) is 30.3 Å². The summed E-state index contributed by atoms with van der Waals surface area (Å²) in [5, 5.41) is 6.29. The second-order valence-electron chi connectivity index (χ2n) is 7.89. The standard InChI is InChI=1S/C22H30N6O2/c1-27-11-5-8-18(27)16-30-22-25-19(14-20(26-22)28-12-9-23-10-13-28)21(29)24-15-17-6-3-2-4-7-17/h2-4,6-7,14,18,23H,5,8-13,15-16H2,1H3,(H,24,29)/t18-/m0/s1. The third-order valence-electron chi connectivity index (χ3n) is 5.74. The van der Waals surface area contributed by atoms with Gasteiger partial charge >= 0.3 is 6.01 Å². The van der Waals surface area contributed by atoms with Crippen molar-refractivity contribution in [2.45, 2.75) is 25.4 Å². The molecule has 30 heavy (non-hydrogen) atoms. The van der Waals surface area contributed by atoms with Gasteiger partial charge < -0.3 is 25.2 Å². The lowest BCUT2D eigenvalue weighted by Gasteiger charge is -2.28. The monoisotopic (exact) mass is 410 g/mol. The molecule has 2 fully saturated rings. The molecule has 2 saturated heterocycles. The second kappa shape index (κ2) is 9.86. The minimum absolute atomic E-state index is 0.222. The van der Waals surface area contributed by atoms with Crippen LogP contribution in [0.1, 0.15) is 28.9 Å². The Labute approximate surface area is 177 Å². The number of aromatic nitrogens is 2. The van der Waals surface area contributed by atoms with E-state index in [1.165, 1.54) is 6.42 Å². The summed E-state index contributed by atoms with van der Waals surface area (Å²) < 4.78 is 5.96. The highest BCUT2D eigenvalue weighted by Crippen LogP contribution is 2.20. The molecule has 0 spiro atoms. The Bertz CT molecular complexity index is 841. The number of carbonyl (C=O) groups excluding carboxylic acids is 1. The number of rotatable bonds is 7. The normalized spacial score (nSPS) is 19.6. The zero-order valence-electron chi connectivity index (χ0n) is 17.5. The lowest BCUT2D eigenvalue weighted by molar-refractivity contribution is 0.0943. The predicted molar refractivity (Wildman–Crippen MR) is 116 cm³/mol. The first-order valence-electron chi connectivity index (χ1n) is 10.7. The summed E-state index contributed by atoms with van der Waals surface area (Å²) in [6.07, 6.45) is 2.29. The van der Waals surface area contributed by atoms with Gasteiger partial charge in [-0.2, -0.15) is 9.97 Å². The van der Waals surface area contributed by atoms with Crippen LogP contribution in [0.4, 0.5) is 5.82 Å². The summed E-state index contributed by atoms with van der Waals surface area (Å²) in [7, 11) is 2.11. The first-order valence-corrected chi connectivity index (χ1v) is 10.7. The molecule has 160 valence electrons. The maximum atomic E-state index is 12.8. The van der Waals surface area contributed by atoms with Crippen molar-refractivity contribution in [3.8, 4) is 6.01 Å². The van der Waals surface area contributed by atoms with Gasteiger partial charge in [0, 0.05) is 44.8 Å². The lowest BCUT2D eigenvalue weighted by Crippen LogP contribution is -2.44. The van der Waals surface area contributed by atoms with Crippen molar-refractivity contribution in [3.63, 3.8) is 0 Å². The number of likely N-dealkylation sites (tertiary alicyclic amines) is 1. The molecular formula is C22H30N6O2. The predicted octanol–water partition coefficient (Wildman–Crippen LogP) is 1.29. The molecule has 8 nitrogen and oxygen atoms in total. The van der Waals surface area contributed by atoms with E-state index in [9.17, 15) is 4.79 Å². The molecule has 0 bridgehead atoms. The van der Waals surface area contributed by atoms with Crippen LogP contribution in [-0.4, -0.2) is 73.2 Å². The van der Waals surface area contributed by atoms with Crippen LogP contribution in [0.25, 0.3) is 0 Å². The Morgan fingerprint density at radius 2 is 2.00 bits per heavy atom. The van der Waals surface area contributed by atoms with Gasteiger partial charge in [-0.05, 0) is 32.0 Å². The Kier molecular flexibility index (Phi) is 6.76. The van der Waals surface area contributed by atoms with Crippen molar-refractivity contribution in [1.29, 1.82) is 0 Å². The van der Waals surface area contributed by atoms with Crippen LogP contribution < -0.4 is 20.3 Å². The quantitative estimate of drug-likeness (QED) is 0.712. The van der Waals surface area contributed by atoms with Crippen LogP contribution in [0.5, 0.6) is 6.01 Å². The number of nitrogens with one attached hydrogen (secondary N) is 2. The molecule has 2 aliphatic rings. The fourth-order valence-corrected chi connectivity index (χ4v) is 3.88. The highest BCUT2D eigenvalue weighted by molar-refractivity contribution is 5.93. The molecule has 1 aromatic carbocycles. The minimum Gasteiger partial charge on any atom is -0.462 e. The molecule has 1 aromatic heterocycles. The number of carbonyl (C=O) groups is 1. The summed E-state index contributed by atoms with van der Waals surface area (Å²) in [4.78, 5) is 26.3. The average molecular weight is 411 g/mol. The number of piperazine rings is 1. The van der Waals surface area contributed by atoms with Crippen molar-refractivity contribution in [3.05, 3.63) is 47.7 Å². The number of benzene rings is 1. The second-order valence-corrected chi connectivity index (χ2v) is 7.89. The Morgan fingerprint density at radius 1 is 1.20 bits per heavy atom. The van der Waals surface area contributed by atoms with E-state index in [0.717, 1.165) is 50.5 Å². The summed E-state index contributed by atoms with van der Waals surface area (Å²) in [5.74, 6) is 0.520. The lowest BCUT2D eigenvalue weighted by atomic mass is 10.2. The summed E-state index contributed by atoms with van der Waals surface area (Å²) in [6, 6.07) is 12.3. The third-order valence-corrected chi connectivity index (χ3v) is 5.74. The molecule has 0 saturated carbocycles. The molecule has 2 N–H and O–H groups in total. The van der Waals surface area contributed by atoms with E-state index >= 15 is 0 Å². The van der Waals surface area contributed by atoms with Gasteiger partial charge in [-0.3, -0.25) is 4.79 Å². The molecule has 0 aliphatic carbocycles. The van der Waals surface area contributed by atoms with E-state index in [2.05, 4.69) is 37.4 Å². The van der Waals surface area contributed by atoms with Crippen LogP contribution in [0, 0.1) is 0 Å². The molecule has 0 radical (unpaired) electrons.